The van der Waals surface area contributed by atoms with Gasteiger partial charge in [0.2, 0.25) is 0 Å². The Hall–Kier alpha value is -3.49. The van der Waals surface area contributed by atoms with Crippen LogP contribution < -0.4 is 5.56 Å². The molecule has 0 spiro atoms. The van der Waals surface area contributed by atoms with Crippen molar-refractivity contribution in [1.82, 2.24) is 19.7 Å². The van der Waals surface area contributed by atoms with Crippen LogP contribution in [0.3, 0.4) is 0 Å². The number of alkyl halides is 3. The Labute approximate surface area is 182 Å². The predicted octanol–water partition coefficient (Wildman–Crippen LogP) is 3.76. The number of benzene rings is 1. The molecule has 9 heteroatoms. The molecule has 1 aliphatic rings. The number of carbonyl (C=O) groups is 1. The summed E-state index contributed by atoms with van der Waals surface area (Å²) in [5, 5.41) is 4.06. The minimum Gasteiger partial charge on any atom is -0.329 e. The Morgan fingerprint density at radius 3 is 2.53 bits per heavy atom. The third-order valence-electron chi connectivity index (χ3n) is 5.53. The number of carbonyl (C=O) groups excluding carboxylic acids is 1. The lowest BCUT2D eigenvalue weighted by Gasteiger charge is -2.24. The van der Waals surface area contributed by atoms with Crippen LogP contribution in [-0.4, -0.2) is 32.1 Å². The second-order valence-corrected chi connectivity index (χ2v) is 7.76. The van der Waals surface area contributed by atoms with E-state index in [0.717, 1.165) is 40.9 Å². The normalized spacial score (nSPS) is 16.4. The van der Waals surface area contributed by atoms with Crippen LogP contribution >= 0.6 is 0 Å². The summed E-state index contributed by atoms with van der Waals surface area (Å²) in [6, 6.07) is 13.1. The van der Waals surface area contributed by atoms with Gasteiger partial charge < -0.3 is 4.90 Å². The molecule has 3 heterocycles. The molecule has 1 fully saturated rings. The molecular weight excluding hydrogens is 421 g/mol. The summed E-state index contributed by atoms with van der Waals surface area (Å²) in [4.78, 5) is 31.0. The molecule has 4 rings (SSSR count). The van der Waals surface area contributed by atoms with Crippen molar-refractivity contribution in [3.8, 4) is 0 Å². The van der Waals surface area contributed by atoms with Crippen LogP contribution in [0.25, 0.3) is 0 Å². The molecule has 0 aliphatic carbocycles. The summed E-state index contributed by atoms with van der Waals surface area (Å²) in [5.74, 6) is -0.266. The van der Waals surface area contributed by atoms with Gasteiger partial charge in [-0.2, -0.15) is 18.3 Å². The summed E-state index contributed by atoms with van der Waals surface area (Å²) >= 11 is 0. The van der Waals surface area contributed by atoms with Gasteiger partial charge in [0.25, 0.3) is 11.5 Å². The molecule has 1 saturated heterocycles. The fourth-order valence-electron chi connectivity index (χ4n) is 3.88. The maximum atomic E-state index is 13.0. The van der Waals surface area contributed by atoms with Crippen molar-refractivity contribution >= 4 is 5.91 Å². The van der Waals surface area contributed by atoms with Crippen LogP contribution in [0.1, 0.15) is 51.9 Å². The highest BCUT2D eigenvalue weighted by Gasteiger charge is 2.33. The quantitative estimate of drug-likeness (QED) is 0.617. The van der Waals surface area contributed by atoms with Gasteiger partial charge in [0.05, 0.1) is 17.3 Å². The van der Waals surface area contributed by atoms with Crippen molar-refractivity contribution in [2.75, 3.05) is 6.54 Å². The highest BCUT2D eigenvalue weighted by molar-refractivity contribution is 5.92. The van der Waals surface area contributed by atoms with Crippen molar-refractivity contribution in [1.29, 1.82) is 0 Å². The van der Waals surface area contributed by atoms with Gasteiger partial charge in [0.1, 0.15) is 5.69 Å². The molecule has 1 aromatic carbocycles. The lowest BCUT2D eigenvalue weighted by molar-refractivity contribution is -0.137. The fraction of sp³-hybridized carbons (Fsp3) is 0.304. The Kier molecular flexibility index (Phi) is 5.82. The molecule has 0 unspecified atom stereocenters. The average molecular weight is 442 g/mol. The van der Waals surface area contributed by atoms with E-state index in [2.05, 4.69) is 10.1 Å². The highest BCUT2D eigenvalue weighted by atomic mass is 19.4. The molecule has 1 amide bonds. The Morgan fingerprint density at radius 1 is 1.09 bits per heavy atom. The number of amides is 1. The molecule has 3 aromatic rings. The topological polar surface area (TPSA) is 68.1 Å². The molecule has 6 nitrogen and oxygen atoms in total. The number of aryl methyl sites for hydroxylation is 1. The zero-order valence-corrected chi connectivity index (χ0v) is 17.3. The molecule has 32 heavy (non-hydrogen) atoms. The van der Waals surface area contributed by atoms with E-state index in [0.29, 0.717) is 18.7 Å². The number of halogens is 3. The minimum absolute atomic E-state index is 0.194. The number of hydrogen-bond acceptors (Lipinski definition) is 4. The predicted molar refractivity (Wildman–Crippen MR) is 111 cm³/mol. The van der Waals surface area contributed by atoms with Crippen molar-refractivity contribution in [3.63, 3.8) is 0 Å². The van der Waals surface area contributed by atoms with E-state index >= 15 is 0 Å². The van der Waals surface area contributed by atoms with Crippen molar-refractivity contribution in [3.05, 3.63) is 93.2 Å². The van der Waals surface area contributed by atoms with Gasteiger partial charge in [-0.05, 0) is 48.7 Å². The average Bonchev–Trinajstić information content (AvgIpc) is 3.25. The zero-order valence-electron chi connectivity index (χ0n) is 17.3. The van der Waals surface area contributed by atoms with Crippen LogP contribution in [0, 0.1) is 0 Å². The lowest BCUT2D eigenvalue weighted by atomic mass is 10.1. The molecule has 166 valence electrons. The third-order valence-corrected chi connectivity index (χ3v) is 5.53. The first-order valence-corrected chi connectivity index (χ1v) is 10.2. The second kappa shape index (κ2) is 8.57. The molecule has 1 atom stereocenters. The third kappa shape index (κ3) is 4.56. The lowest BCUT2D eigenvalue weighted by Crippen LogP contribution is -2.33. The van der Waals surface area contributed by atoms with Gasteiger partial charge in [0, 0.05) is 31.8 Å². The molecule has 2 aromatic heterocycles. The molecule has 0 saturated carbocycles. The van der Waals surface area contributed by atoms with E-state index in [9.17, 15) is 22.8 Å². The van der Waals surface area contributed by atoms with Crippen LogP contribution in [0.4, 0.5) is 13.2 Å². The molecule has 0 bridgehead atoms. The minimum atomic E-state index is -4.37. The first-order chi connectivity index (χ1) is 15.2. The fourth-order valence-corrected chi connectivity index (χ4v) is 3.88. The van der Waals surface area contributed by atoms with Crippen LogP contribution in [0.5, 0.6) is 0 Å². The van der Waals surface area contributed by atoms with E-state index in [1.807, 2.05) is 18.2 Å². The van der Waals surface area contributed by atoms with Crippen molar-refractivity contribution in [2.45, 2.75) is 31.5 Å². The van der Waals surface area contributed by atoms with E-state index in [1.54, 1.807) is 4.90 Å². The summed E-state index contributed by atoms with van der Waals surface area (Å²) in [5.41, 5.74) is 1.37. The number of likely N-dealkylation sites (tertiary alicyclic amines) is 1. The number of hydrogen-bond donors (Lipinski definition) is 0. The number of nitrogens with zero attached hydrogens (tertiary/aromatic N) is 4. The number of rotatable bonds is 4. The maximum Gasteiger partial charge on any atom is 0.416 e. The largest absolute Gasteiger partial charge is 0.416 e. The monoisotopic (exact) mass is 442 g/mol. The SMILES string of the molecule is Cn1nc(C(=O)N2CCC[C@@H]2c2cccc(Cc3ccc(C(F)(F)F)cc3)n2)ccc1=O. The van der Waals surface area contributed by atoms with E-state index < -0.39 is 11.7 Å². The Balaban J connectivity index is 1.53. The van der Waals surface area contributed by atoms with Gasteiger partial charge >= 0.3 is 6.18 Å². The maximum absolute atomic E-state index is 13.0. The Bertz CT molecular complexity index is 1190. The van der Waals surface area contributed by atoms with E-state index in [-0.39, 0.29) is 23.2 Å². The van der Waals surface area contributed by atoms with Crippen molar-refractivity contribution < 1.29 is 18.0 Å². The van der Waals surface area contributed by atoms with Gasteiger partial charge in [-0.15, -0.1) is 0 Å². The standard InChI is InChI=1S/C23H21F3N4O2/c1-29-21(31)12-11-19(28-29)22(32)30-13-3-6-20(30)18-5-2-4-17(27-18)14-15-7-9-16(10-8-15)23(24,25)26/h2,4-5,7-12,20H,3,6,13-14H2,1H3/t20-/m1/s1. The Morgan fingerprint density at radius 2 is 1.84 bits per heavy atom. The first kappa shape index (κ1) is 21.7. The van der Waals surface area contributed by atoms with E-state index in [1.165, 1.54) is 31.3 Å². The zero-order chi connectivity index (χ0) is 22.9. The van der Waals surface area contributed by atoms with Crippen LogP contribution in [-0.2, 0) is 19.6 Å². The van der Waals surface area contributed by atoms with Gasteiger partial charge in [-0.1, -0.05) is 18.2 Å². The molecule has 0 N–H and O–H groups in total. The number of aromatic nitrogens is 3. The highest BCUT2D eigenvalue weighted by Crippen LogP contribution is 2.32. The molecule has 0 radical (unpaired) electrons. The first-order valence-electron chi connectivity index (χ1n) is 10.2. The second-order valence-electron chi connectivity index (χ2n) is 7.76. The summed E-state index contributed by atoms with van der Waals surface area (Å²) < 4.78 is 39.4. The van der Waals surface area contributed by atoms with Crippen molar-refractivity contribution in [2.24, 2.45) is 7.05 Å². The van der Waals surface area contributed by atoms with Crippen LogP contribution in [0.2, 0.25) is 0 Å². The summed E-state index contributed by atoms with van der Waals surface area (Å²) in [6.07, 6.45) is -2.43. The molecular formula is C23H21F3N4O2. The van der Waals surface area contributed by atoms with Gasteiger partial charge in [-0.3, -0.25) is 14.6 Å². The summed E-state index contributed by atoms with van der Waals surface area (Å²) in [6.45, 7) is 0.554. The van der Waals surface area contributed by atoms with Gasteiger partial charge in [0.15, 0.2) is 0 Å². The van der Waals surface area contributed by atoms with Gasteiger partial charge in [-0.25, -0.2) is 4.68 Å². The number of pyridine rings is 1. The summed E-state index contributed by atoms with van der Waals surface area (Å²) in [7, 11) is 1.49. The van der Waals surface area contributed by atoms with E-state index in [4.69, 9.17) is 0 Å². The van der Waals surface area contributed by atoms with Crippen LogP contribution in [0.15, 0.2) is 59.4 Å². The molecule has 1 aliphatic heterocycles. The smallest absolute Gasteiger partial charge is 0.329 e.